The first-order chi connectivity index (χ1) is 5.72. The molecule has 0 bridgehead atoms. The Morgan fingerprint density at radius 1 is 1.67 bits per heavy atom. The molecule has 0 saturated heterocycles. The lowest BCUT2D eigenvalue weighted by atomic mass is 9.77. The van der Waals surface area contributed by atoms with Crippen LogP contribution < -0.4 is 0 Å². The van der Waals surface area contributed by atoms with E-state index in [1.807, 2.05) is 4.90 Å². The SMILES string of the molecule is C=C1C(F)=CN1C1CC(CC)C1. The van der Waals surface area contributed by atoms with E-state index in [0.717, 1.165) is 5.92 Å². The van der Waals surface area contributed by atoms with Gasteiger partial charge in [-0.2, -0.15) is 0 Å². The van der Waals surface area contributed by atoms with E-state index in [-0.39, 0.29) is 5.83 Å². The van der Waals surface area contributed by atoms with Crippen LogP contribution in [0.3, 0.4) is 0 Å². The molecule has 0 spiro atoms. The van der Waals surface area contributed by atoms with Crippen LogP contribution in [0.5, 0.6) is 0 Å². The summed E-state index contributed by atoms with van der Waals surface area (Å²) in [5.74, 6) is 0.717. The maximum Gasteiger partial charge on any atom is 0.162 e. The second-order valence-electron chi connectivity index (χ2n) is 3.73. The molecule has 0 N–H and O–H groups in total. The number of hydrogen-bond donors (Lipinski definition) is 0. The highest BCUT2D eigenvalue weighted by Gasteiger charge is 2.36. The molecule has 66 valence electrons. The van der Waals surface area contributed by atoms with E-state index in [1.165, 1.54) is 19.3 Å². The summed E-state index contributed by atoms with van der Waals surface area (Å²) in [5, 5.41) is 0. The summed E-state index contributed by atoms with van der Waals surface area (Å²) in [4.78, 5) is 1.97. The summed E-state index contributed by atoms with van der Waals surface area (Å²) < 4.78 is 12.6. The number of hydrogen-bond acceptors (Lipinski definition) is 1. The van der Waals surface area contributed by atoms with E-state index in [1.54, 1.807) is 6.20 Å². The molecule has 0 radical (unpaired) electrons. The van der Waals surface area contributed by atoms with Crippen molar-refractivity contribution in [3.05, 3.63) is 24.3 Å². The predicted octanol–water partition coefficient (Wildman–Crippen LogP) is 2.82. The van der Waals surface area contributed by atoms with E-state index in [0.29, 0.717) is 11.7 Å². The molecule has 0 aromatic heterocycles. The van der Waals surface area contributed by atoms with Crippen molar-refractivity contribution in [3.63, 3.8) is 0 Å². The summed E-state index contributed by atoms with van der Waals surface area (Å²) in [7, 11) is 0. The van der Waals surface area contributed by atoms with Crippen molar-refractivity contribution in [2.45, 2.75) is 32.2 Å². The van der Waals surface area contributed by atoms with Crippen LogP contribution in [0.2, 0.25) is 0 Å². The van der Waals surface area contributed by atoms with Crippen molar-refractivity contribution in [2.24, 2.45) is 5.92 Å². The molecule has 2 rings (SSSR count). The zero-order chi connectivity index (χ0) is 8.72. The highest BCUT2D eigenvalue weighted by molar-refractivity contribution is 5.33. The lowest BCUT2D eigenvalue weighted by Gasteiger charge is -2.46. The van der Waals surface area contributed by atoms with Gasteiger partial charge in [-0.1, -0.05) is 19.9 Å². The molecule has 1 saturated carbocycles. The Morgan fingerprint density at radius 3 is 2.75 bits per heavy atom. The summed E-state index contributed by atoms with van der Waals surface area (Å²) in [5.41, 5.74) is 0.578. The fourth-order valence-electron chi connectivity index (χ4n) is 1.92. The van der Waals surface area contributed by atoms with Crippen molar-refractivity contribution in [1.82, 2.24) is 4.90 Å². The predicted molar refractivity (Wildman–Crippen MR) is 47.0 cm³/mol. The second kappa shape index (κ2) is 2.61. The quantitative estimate of drug-likeness (QED) is 0.611. The van der Waals surface area contributed by atoms with Crippen molar-refractivity contribution in [2.75, 3.05) is 0 Å². The second-order valence-corrected chi connectivity index (χ2v) is 3.73. The minimum Gasteiger partial charge on any atom is -0.340 e. The maximum absolute atomic E-state index is 12.6. The van der Waals surface area contributed by atoms with Gasteiger partial charge in [0.25, 0.3) is 0 Å². The van der Waals surface area contributed by atoms with Gasteiger partial charge in [0, 0.05) is 12.2 Å². The highest BCUT2D eigenvalue weighted by atomic mass is 19.1. The van der Waals surface area contributed by atoms with Crippen LogP contribution in [0, 0.1) is 5.92 Å². The zero-order valence-electron chi connectivity index (χ0n) is 7.39. The summed E-state index contributed by atoms with van der Waals surface area (Å²) >= 11 is 0. The van der Waals surface area contributed by atoms with Gasteiger partial charge in [0.05, 0.1) is 5.70 Å². The molecular formula is C10H14FN. The Labute approximate surface area is 72.6 Å². The number of nitrogens with zero attached hydrogens (tertiary/aromatic N) is 1. The lowest BCUT2D eigenvalue weighted by Crippen LogP contribution is -2.44. The zero-order valence-corrected chi connectivity index (χ0v) is 7.39. The normalized spacial score (nSPS) is 34.0. The third-order valence-electron chi connectivity index (χ3n) is 3.02. The Morgan fingerprint density at radius 2 is 2.33 bits per heavy atom. The van der Waals surface area contributed by atoms with Crippen molar-refractivity contribution in [1.29, 1.82) is 0 Å². The van der Waals surface area contributed by atoms with Gasteiger partial charge in [0.2, 0.25) is 0 Å². The fraction of sp³-hybridized carbons (Fsp3) is 0.600. The molecule has 12 heavy (non-hydrogen) atoms. The Hall–Kier alpha value is -0.790. The number of halogens is 1. The smallest absolute Gasteiger partial charge is 0.162 e. The van der Waals surface area contributed by atoms with E-state index >= 15 is 0 Å². The van der Waals surface area contributed by atoms with Crippen LogP contribution in [-0.2, 0) is 0 Å². The van der Waals surface area contributed by atoms with Crippen LogP contribution >= 0.6 is 0 Å². The third-order valence-corrected chi connectivity index (χ3v) is 3.02. The first-order valence-electron chi connectivity index (χ1n) is 4.57. The molecule has 0 aromatic carbocycles. The van der Waals surface area contributed by atoms with Crippen LogP contribution in [0.4, 0.5) is 4.39 Å². The topological polar surface area (TPSA) is 3.24 Å². The van der Waals surface area contributed by atoms with E-state index < -0.39 is 0 Å². The Balaban J connectivity index is 1.87. The van der Waals surface area contributed by atoms with Crippen molar-refractivity contribution >= 4 is 0 Å². The van der Waals surface area contributed by atoms with Gasteiger partial charge in [-0.3, -0.25) is 0 Å². The molecule has 1 aliphatic heterocycles. The molecule has 1 nitrogen and oxygen atoms in total. The van der Waals surface area contributed by atoms with Gasteiger partial charge in [-0.15, -0.1) is 0 Å². The number of allylic oxidation sites excluding steroid dienone is 1. The van der Waals surface area contributed by atoms with Crippen LogP contribution in [0.1, 0.15) is 26.2 Å². The van der Waals surface area contributed by atoms with Gasteiger partial charge in [-0.25, -0.2) is 4.39 Å². The van der Waals surface area contributed by atoms with Crippen LogP contribution in [-0.4, -0.2) is 10.9 Å². The van der Waals surface area contributed by atoms with Crippen molar-refractivity contribution < 1.29 is 4.39 Å². The molecule has 0 unspecified atom stereocenters. The summed E-state index contributed by atoms with van der Waals surface area (Å²) in [6.45, 7) is 5.87. The fourth-order valence-corrected chi connectivity index (χ4v) is 1.92. The number of rotatable bonds is 2. The average molecular weight is 167 g/mol. The molecule has 1 heterocycles. The largest absolute Gasteiger partial charge is 0.340 e. The molecule has 0 aromatic rings. The Bertz CT molecular complexity index is 238. The molecule has 1 fully saturated rings. The van der Waals surface area contributed by atoms with Gasteiger partial charge < -0.3 is 4.90 Å². The van der Waals surface area contributed by atoms with E-state index in [9.17, 15) is 4.39 Å². The van der Waals surface area contributed by atoms with Crippen LogP contribution in [0.25, 0.3) is 0 Å². The molecule has 0 atom stereocenters. The minimum absolute atomic E-state index is 0.144. The third kappa shape index (κ3) is 0.977. The summed E-state index contributed by atoms with van der Waals surface area (Å²) in [6, 6.07) is 0.543. The maximum atomic E-state index is 12.6. The first kappa shape index (κ1) is 7.84. The first-order valence-corrected chi connectivity index (χ1v) is 4.57. The Kier molecular flexibility index (Phi) is 1.71. The molecule has 0 amide bonds. The van der Waals surface area contributed by atoms with Gasteiger partial charge in [0.15, 0.2) is 5.83 Å². The highest BCUT2D eigenvalue weighted by Crippen LogP contribution is 2.40. The van der Waals surface area contributed by atoms with Gasteiger partial charge >= 0.3 is 0 Å². The van der Waals surface area contributed by atoms with Crippen LogP contribution in [0.15, 0.2) is 24.3 Å². The molecule has 1 aliphatic carbocycles. The molecular weight excluding hydrogens is 153 g/mol. The lowest BCUT2D eigenvalue weighted by molar-refractivity contribution is 0.125. The summed E-state index contributed by atoms with van der Waals surface area (Å²) in [6.07, 6.45) is 5.24. The van der Waals surface area contributed by atoms with Gasteiger partial charge in [0.1, 0.15) is 0 Å². The standard InChI is InChI=1S/C10H14FN/c1-3-8-4-9(5-8)12-6-10(11)7(12)2/h6,8-9H,2-5H2,1H3. The monoisotopic (exact) mass is 167 g/mol. The van der Waals surface area contributed by atoms with Gasteiger partial charge in [-0.05, 0) is 18.8 Å². The average Bonchev–Trinajstić information content (AvgIpc) is 2.01. The minimum atomic E-state index is -0.144. The molecule has 2 heteroatoms. The van der Waals surface area contributed by atoms with Crippen molar-refractivity contribution in [3.8, 4) is 0 Å². The molecule has 2 aliphatic rings. The van der Waals surface area contributed by atoms with E-state index in [4.69, 9.17) is 0 Å². The van der Waals surface area contributed by atoms with E-state index in [2.05, 4.69) is 13.5 Å².